The maximum Gasteiger partial charge on any atom is 0.222 e. The molecule has 0 aliphatic carbocycles. The summed E-state index contributed by atoms with van der Waals surface area (Å²) >= 11 is 0. The number of nitrogens with one attached hydrogen (secondary N) is 2. The number of amides is 1. The summed E-state index contributed by atoms with van der Waals surface area (Å²) in [6.45, 7) is 0.892. The normalized spacial score (nSPS) is 10.1. The highest BCUT2D eigenvalue weighted by atomic mass is 16.5. The van der Waals surface area contributed by atoms with Gasteiger partial charge in [0, 0.05) is 42.9 Å². The zero-order valence-corrected chi connectivity index (χ0v) is 16.1. The molecule has 146 valence electrons. The fourth-order valence-electron chi connectivity index (χ4n) is 2.63. The van der Waals surface area contributed by atoms with Gasteiger partial charge >= 0.3 is 0 Å². The average Bonchev–Trinajstić information content (AvgIpc) is 2.71. The summed E-state index contributed by atoms with van der Waals surface area (Å²) < 4.78 is 21.2. The Morgan fingerprint density at radius 3 is 2.11 bits per heavy atom. The van der Waals surface area contributed by atoms with E-state index in [-0.39, 0.29) is 5.91 Å². The van der Waals surface area contributed by atoms with Crippen molar-refractivity contribution < 1.29 is 23.7 Å². The maximum atomic E-state index is 12.1. The number of carbonyl (C=O) groups is 1. The monoisotopic (exact) mass is 374 g/mol. The second kappa shape index (κ2) is 10.2. The van der Waals surface area contributed by atoms with Crippen molar-refractivity contribution in [1.82, 2.24) is 5.32 Å². The van der Waals surface area contributed by atoms with Crippen LogP contribution in [0.5, 0.6) is 23.0 Å². The van der Waals surface area contributed by atoms with Crippen molar-refractivity contribution in [3.05, 3.63) is 42.0 Å². The number of methoxy groups -OCH3 is 4. The fraction of sp³-hybridized carbons (Fsp3) is 0.350. The first kappa shape index (κ1) is 20.2. The first-order chi connectivity index (χ1) is 13.1. The van der Waals surface area contributed by atoms with Crippen LogP contribution in [0.4, 0.5) is 5.69 Å². The van der Waals surface area contributed by atoms with Crippen molar-refractivity contribution in [1.29, 1.82) is 0 Å². The summed E-state index contributed by atoms with van der Waals surface area (Å²) in [6.07, 6.45) is 0.325. The van der Waals surface area contributed by atoms with Crippen LogP contribution in [0.25, 0.3) is 0 Å². The Balaban J connectivity index is 1.87. The standard InChI is InChI=1S/C20H26N2O5/c1-24-16-8-6-5-7-14(16)13-22-19(23)9-10-21-15-11-17(25-2)20(27-4)18(12-15)26-3/h5-8,11-12,21H,9-10,13H2,1-4H3,(H,22,23). The number of benzene rings is 2. The fourth-order valence-corrected chi connectivity index (χ4v) is 2.63. The third-order valence-electron chi connectivity index (χ3n) is 4.01. The number of hydrogen-bond donors (Lipinski definition) is 2. The van der Waals surface area contributed by atoms with Crippen LogP contribution in [0.15, 0.2) is 36.4 Å². The summed E-state index contributed by atoms with van der Waals surface area (Å²) in [6, 6.07) is 11.2. The minimum Gasteiger partial charge on any atom is -0.496 e. The molecule has 0 saturated heterocycles. The van der Waals surface area contributed by atoms with E-state index in [9.17, 15) is 4.79 Å². The molecule has 0 aliphatic rings. The number of hydrogen-bond acceptors (Lipinski definition) is 6. The number of rotatable bonds is 10. The molecule has 0 atom stereocenters. The van der Waals surface area contributed by atoms with Crippen LogP contribution in [0.3, 0.4) is 0 Å². The number of para-hydroxylation sites is 1. The van der Waals surface area contributed by atoms with Gasteiger partial charge in [-0.25, -0.2) is 0 Å². The molecule has 1 amide bonds. The molecule has 2 N–H and O–H groups in total. The Labute approximate surface area is 159 Å². The second-order valence-electron chi connectivity index (χ2n) is 5.68. The molecular weight excluding hydrogens is 348 g/mol. The summed E-state index contributed by atoms with van der Waals surface area (Å²) in [7, 11) is 6.29. The van der Waals surface area contributed by atoms with Crippen molar-refractivity contribution in [2.45, 2.75) is 13.0 Å². The average molecular weight is 374 g/mol. The van der Waals surface area contributed by atoms with Gasteiger partial charge in [-0.15, -0.1) is 0 Å². The van der Waals surface area contributed by atoms with Crippen LogP contribution in [-0.2, 0) is 11.3 Å². The highest BCUT2D eigenvalue weighted by Gasteiger charge is 2.13. The molecule has 0 saturated carbocycles. The second-order valence-corrected chi connectivity index (χ2v) is 5.68. The predicted octanol–water partition coefficient (Wildman–Crippen LogP) is 2.84. The molecule has 7 heteroatoms. The lowest BCUT2D eigenvalue weighted by molar-refractivity contribution is -0.121. The molecule has 0 bridgehead atoms. The van der Waals surface area contributed by atoms with E-state index >= 15 is 0 Å². The first-order valence-corrected chi connectivity index (χ1v) is 8.55. The SMILES string of the molecule is COc1ccccc1CNC(=O)CCNc1cc(OC)c(OC)c(OC)c1. The molecular formula is C20H26N2O5. The van der Waals surface area contributed by atoms with E-state index in [1.807, 2.05) is 24.3 Å². The molecule has 0 radical (unpaired) electrons. The van der Waals surface area contributed by atoms with Gasteiger partial charge in [-0.05, 0) is 6.07 Å². The van der Waals surface area contributed by atoms with Gasteiger partial charge in [0.25, 0.3) is 0 Å². The first-order valence-electron chi connectivity index (χ1n) is 8.55. The van der Waals surface area contributed by atoms with E-state index in [4.69, 9.17) is 18.9 Å². The lowest BCUT2D eigenvalue weighted by atomic mass is 10.2. The Morgan fingerprint density at radius 1 is 0.889 bits per heavy atom. The van der Waals surface area contributed by atoms with E-state index in [0.29, 0.717) is 36.8 Å². The zero-order chi connectivity index (χ0) is 19.6. The highest BCUT2D eigenvalue weighted by Crippen LogP contribution is 2.39. The summed E-state index contributed by atoms with van der Waals surface area (Å²) in [5.74, 6) is 2.34. The molecule has 2 rings (SSSR count). The Morgan fingerprint density at radius 2 is 1.52 bits per heavy atom. The predicted molar refractivity (Wildman–Crippen MR) is 104 cm³/mol. The quantitative estimate of drug-likeness (QED) is 0.666. The van der Waals surface area contributed by atoms with E-state index in [0.717, 1.165) is 17.0 Å². The molecule has 0 fully saturated rings. The molecule has 7 nitrogen and oxygen atoms in total. The molecule has 0 aliphatic heterocycles. The number of carbonyl (C=O) groups excluding carboxylic acids is 1. The molecule has 0 aromatic heterocycles. The van der Waals surface area contributed by atoms with Gasteiger partial charge in [-0.3, -0.25) is 4.79 Å². The van der Waals surface area contributed by atoms with Crippen LogP contribution in [0.2, 0.25) is 0 Å². The Kier molecular flexibility index (Phi) is 7.61. The van der Waals surface area contributed by atoms with Gasteiger partial charge < -0.3 is 29.6 Å². The van der Waals surface area contributed by atoms with Gasteiger partial charge in [-0.1, -0.05) is 18.2 Å². The van der Waals surface area contributed by atoms with Crippen molar-refractivity contribution >= 4 is 11.6 Å². The van der Waals surface area contributed by atoms with Crippen LogP contribution in [0, 0.1) is 0 Å². The van der Waals surface area contributed by atoms with Crippen LogP contribution in [0.1, 0.15) is 12.0 Å². The van der Waals surface area contributed by atoms with Crippen molar-refractivity contribution in [3.63, 3.8) is 0 Å². The lowest BCUT2D eigenvalue weighted by Crippen LogP contribution is -2.25. The molecule has 0 spiro atoms. The van der Waals surface area contributed by atoms with Gasteiger partial charge in [0.15, 0.2) is 11.5 Å². The summed E-state index contributed by atoms with van der Waals surface area (Å²) in [4.78, 5) is 12.1. The summed E-state index contributed by atoms with van der Waals surface area (Å²) in [5, 5.41) is 6.09. The summed E-state index contributed by atoms with van der Waals surface area (Å²) in [5.41, 5.74) is 1.72. The minimum absolute atomic E-state index is 0.0548. The molecule has 0 heterocycles. The van der Waals surface area contributed by atoms with Gasteiger partial charge in [-0.2, -0.15) is 0 Å². The molecule has 2 aromatic rings. The Hall–Kier alpha value is -3.09. The Bertz CT molecular complexity index is 739. The number of ether oxygens (including phenoxy) is 4. The van der Waals surface area contributed by atoms with Crippen LogP contribution < -0.4 is 29.6 Å². The minimum atomic E-state index is -0.0548. The van der Waals surface area contributed by atoms with Gasteiger partial charge in [0.05, 0.1) is 28.4 Å². The third kappa shape index (κ3) is 5.44. The van der Waals surface area contributed by atoms with E-state index in [1.54, 1.807) is 40.6 Å². The highest BCUT2D eigenvalue weighted by molar-refractivity contribution is 5.76. The topological polar surface area (TPSA) is 78.1 Å². The zero-order valence-electron chi connectivity index (χ0n) is 16.1. The van der Waals surface area contributed by atoms with Gasteiger partial charge in [0.2, 0.25) is 11.7 Å². The molecule has 2 aromatic carbocycles. The molecule has 27 heavy (non-hydrogen) atoms. The maximum absolute atomic E-state index is 12.1. The lowest BCUT2D eigenvalue weighted by Gasteiger charge is -2.15. The van der Waals surface area contributed by atoms with Crippen molar-refractivity contribution in [3.8, 4) is 23.0 Å². The largest absolute Gasteiger partial charge is 0.496 e. The van der Waals surface area contributed by atoms with Crippen LogP contribution in [-0.4, -0.2) is 40.9 Å². The molecule has 0 unspecified atom stereocenters. The van der Waals surface area contributed by atoms with Crippen LogP contribution >= 0.6 is 0 Å². The third-order valence-corrected chi connectivity index (χ3v) is 4.01. The number of anilines is 1. The van der Waals surface area contributed by atoms with Crippen molar-refractivity contribution in [2.24, 2.45) is 0 Å². The van der Waals surface area contributed by atoms with Gasteiger partial charge in [0.1, 0.15) is 5.75 Å². The van der Waals surface area contributed by atoms with Crippen molar-refractivity contribution in [2.75, 3.05) is 40.3 Å². The van der Waals surface area contributed by atoms with E-state index < -0.39 is 0 Å². The van der Waals surface area contributed by atoms with E-state index in [2.05, 4.69) is 10.6 Å². The van der Waals surface area contributed by atoms with E-state index in [1.165, 1.54) is 0 Å². The smallest absolute Gasteiger partial charge is 0.222 e.